The molecule has 1 aliphatic rings. The number of nitrogens with one attached hydrogen (secondary N) is 1. The lowest BCUT2D eigenvalue weighted by molar-refractivity contribution is 0.226. The van der Waals surface area contributed by atoms with Crippen LogP contribution in [0, 0.1) is 0 Å². The van der Waals surface area contributed by atoms with E-state index in [9.17, 15) is 0 Å². The van der Waals surface area contributed by atoms with Crippen LogP contribution in [0.15, 0.2) is 55.1 Å². The Bertz CT molecular complexity index is 699. The summed E-state index contributed by atoms with van der Waals surface area (Å²) in [6.07, 6.45) is 2.67. The molecular formula is C20H23NO3. The summed E-state index contributed by atoms with van der Waals surface area (Å²) in [5.41, 5.74) is 2.31. The first-order valence-electron chi connectivity index (χ1n) is 8.15. The average Bonchev–Trinajstić information content (AvgIpc) is 2.64. The topological polar surface area (TPSA) is 39.7 Å². The Morgan fingerprint density at radius 2 is 2.04 bits per heavy atom. The molecule has 1 unspecified atom stereocenters. The summed E-state index contributed by atoms with van der Waals surface area (Å²) >= 11 is 0. The molecule has 24 heavy (non-hydrogen) atoms. The molecule has 126 valence electrons. The summed E-state index contributed by atoms with van der Waals surface area (Å²) in [7, 11) is 1.67. The minimum atomic E-state index is 0.261. The monoisotopic (exact) mass is 325 g/mol. The largest absolute Gasteiger partial charge is 0.493 e. The maximum Gasteiger partial charge on any atom is 0.164 e. The number of methoxy groups -OCH3 is 1. The molecular weight excluding hydrogens is 302 g/mol. The van der Waals surface area contributed by atoms with Gasteiger partial charge < -0.3 is 19.5 Å². The summed E-state index contributed by atoms with van der Waals surface area (Å²) in [5, 5.41) is 3.56. The molecule has 1 N–H and O–H groups in total. The third kappa shape index (κ3) is 3.71. The van der Waals surface area contributed by atoms with Crippen molar-refractivity contribution in [2.24, 2.45) is 0 Å². The fourth-order valence-electron chi connectivity index (χ4n) is 2.88. The molecule has 2 aromatic carbocycles. The average molecular weight is 325 g/mol. The van der Waals surface area contributed by atoms with E-state index in [4.69, 9.17) is 14.2 Å². The van der Waals surface area contributed by atoms with E-state index in [2.05, 4.69) is 24.0 Å². The molecule has 0 amide bonds. The van der Waals surface area contributed by atoms with Gasteiger partial charge in [-0.25, -0.2) is 0 Å². The van der Waals surface area contributed by atoms with E-state index in [1.165, 1.54) is 5.56 Å². The number of ether oxygens (including phenoxy) is 3. The Labute approximate surface area is 143 Å². The number of hydrogen-bond donors (Lipinski definition) is 1. The molecule has 4 nitrogen and oxygen atoms in total. The van der Waals surface area contributed by atoms with Crippen molar-refractivity contribution in [1.82, 2.24) is 5.32 Å². The zero-order valence-electron chi connectivity index (χ0n) is 14.0. The number of benzene rings is 2. The first-order chi connectivity index (χ1) is 11.8. The SMILES string of the molecule is C=CCOc1ccccc1CNC1COc2c(cccc2OC)C1. The van der Waals surface area contributed by atoms with Gasteiger partial charge >= 0.3 is 0 Å². The summed E-state index contributed by atoms with van der Waals surface area (Å²) in [6, 6.07) is 14.3. The lowest BCUT2D eigenvalue weighted by Crippen LogP contribution is -2.39. The molecule has 0 saturated carbocycles. The Balaban J connectivity index is 1.63. The minimum absolute atomic E-state index is 0.261. The fraction of sp³-hybridized carbons (Fsp3) is 0.300. The highest BCUT2D eigenvalue weighted by molar-refractivity contribution is 5.48. The Morgan fingerprint density at radius 1 is 1.21 bits per heavy atom. The maximum atomic E-state index is 5.91. The third-order valence-corrected chi connectivity index (χ3v) is 4.09. The molecule has 0 spiro atoms. The maximum absolute atomic E-state index is 5.91. The van der Waals surface area contributed by atoms with Gasteiger partial charge in [-0.2, -0.15) is 0 Å². The van der Waals surface area contributed by atoms with E-state index in [-0.39, 0.29) is 6.04 Å². The molecule has 1 aliphatic heterocycles. The summed E-state index contributed by atoms with van der Waals surface area (Å²) < 4.78 is 17.0. The zero-order valence-corrected chi connectivity index (χ0v) is 14.0. The second-order valence-corrected chi connectivity index (χ2v) is 5.75. The van der Waals surface area contributed by atoms with E-state index >= 15 is 0 Å². The van der Waals surface area contributed by atoms with Gasteiger partial charge in [-0.1, -0.05) is 43.0 Å². The summed E-state index contributed by atoms with van der Waals surface area (Å²) in [4.78, 5) is 0. The standard InChI is InChI=1S/C20H23NO3/c1-3-11-23-18-9-5-4-7-16(18)13-21-17-12-15-8-6-10-19(22-2)20(15)24-14-17/h3-10,17,21H,1,11-14H2,2H3. The highest BCUT2D eigenvalue weighted by Crippen LogP contribution is 2.34. The van der Waals surface area contributed by atoms with Crippen molar-refractivity contribution in [3.63, 3.8) is 0 Å². The molecule has 0 aromatic heterocycles. The van der Waals surface area contributed by atoms with Crippen LogP contribution < -0.4 is 19.5 Å². The van der Waals surface area contributed by atoms with Gasteiger partial charge in [0.2, 0.25) is 0 Å². The molecule has 2 aromatic rings. The minimum Gasteiger partial charge on any atom is -0.493 e. The Kier molecular flexibility index (Phi) is 5.39. The van der Waals surface area contributed by atoms with Crippen molar-refractivity contribution in [2.75, 3.05) is 20.3 Å². The van der Waals surface area contributed by atoms with Crippen molar-refractivity contribution in [2.45, 2.75) is 19.0 Å². The van der Waals surface area contributed by atoms with Crippen LogP contribution in [0.4, 0.5) is 0 Å². The van der Waals surface area contributed by atoms with Crippen molar-refractivity contribution >= 4 is 0 Å². The van der Waals surface area contributed by atoms with Crippen LogP contribution in [0.2, 0.25) is 0 Å². The lowest BCUT2D eigenvalue weighted by Gasteiger charge is -2.27. The van der Waals surface area contributed by atoms with Crippen LogP contribution in [0.1, 0.15) is 11.1 Å². The number of rotatable bonds is 7. The van der Waals surface area contributed by atoms with Crippen molar-refractivity contribution in [3.05, 3.63) is 66.2 Å². The second-order valence-electron chi connectivity index (χ2n) is 5.75. The van der Waals surface area contributed by atoms with Crippen LogP contribution in [0.3, 0.4) is 0 Å². The van der Waals surface area contributed by atoms with Gasteiger partial charge in [0.05, 0.1) is 7.11 Å². The molecule has 0 bridgehead atoms. The van der Waals surface area contributed by atoms with E-state index in [0.29, 0.717) is 13.2 Å². The molecule has 1 atom stereocenters. The first-order valence-corrected chi connectivity index (χ1v) is 8.15. The lowest BCUT2D eigenvalue weighted by atomic mass is 10.0. The Morgan fingerprint density at radius 3 is 2.88 bits per heavy atom. The molecule has 0 fully saturated rings. The predicted octanol–water partition coefficient (Wildman–Crippen LogP) is 3.35. The van der Waals surface area contributed by atoms with Crippen LogP contribution in [0.25, 0.3) is 0 Å². The third-order valence-electron chi connectivity index (χ3n) is 4.09. The van der Waals surface area contributed by atoms with E-state index < -0.39 is 0 Å². The van der Waals surface area contributed by atoms with Crippen LogP contribution in [-0.2, 0) is 13.0 Å². The van der Waals surface area contributed by atoms with Crippen LogP contribution in [-0.4, -0.2) is 26.4 Å². The molecule has 0 radical (unpaired) electrons. The molecule has 3 rings (SSSR count). The normalized spacial score (nSPS) is 16.0. The van der Waals surface area contributed by atoms with Gasteiger partial charge in [0.15, 0.2) is 11.5 Å². The van der Waals surface area contributed by atoms with E-state index in [1.54, 1.807) is 13.2 Å². The zero-order chi connectivity index (χ0) is 16.8. The van der Waals surface area contributed by atoms with Gasteiger partial charge in [-0.15, -0.1) is 0 Å². The second kappa shape index (κ2) is 7.88. The van der Waals surface area contributed by atoms with Crippen LogP contribution >= 0.6 is 0 Å². The van der Waals surface area contributed by atoms with Gasteiger partial charge in [0.1, 0.15) is 19.0 Å². The Hall–Kier alpha value is -2.46. The summed E-state index contributed by atoms with van der Waals surface area (Å²) in [5.74, 6) is 2.56. The summed E-state index contributed by atoms with van der Waals surface area (Å²) in [6.45, 7) is 5.57. The van der Waals surface area contributed by atoms with E-state index in [0.717, 1.165) is 35.8 Å². The van der Waals surface area contributed by atoms with Gasteiger partial charge in [-0.05, 0) is 24.1 Å². The van der Waals surface area contributed by atoms with Crippen molar-refractivity contribution in [1.29, 1.82) is 0 Å². The molecule has 1 heterocycles. The molecule has 0 saturated heterocycles. The first kappa shape index (κ1) is 16.4. The predicted molar refractivity (Wildman–Crippen MR) is 95.0 cm³/mol. The number of hydrogen-bond acceptors (Lipinski definition) is 4. The molecule has 4 heteroatoms. The quantitative estimate of drug-likeness (QED) is 0.793. The smallest absolute Gasteiger partial charge is 0.164 e. The number of para-hydroxylation sites is 2. The van der Waals surface area contributed by atoms with Gasteiger partial charge in [0.25, 0.3) is 0 Å². The van der Waals surface area contributed by atoms with Crippen molar-refractivity contribution < 1.29 is 14.2 Å². The highest BCUT2D eigenvalue weighted by atomic mass is 16.5. The fourth-order valence-corrected chi connectivity index (χ4v) is 2.88. The van der Waals surface area contributed by atoms with Crippen LogP contribution in [0.5, 0.6) is 17.2 Å². The highest BCUT2D eigenvalue weighted by Gasteiger charge is 2.22. The molecule has 0 aliphatic carbocycles. The van der Waals surface area contributed by atoms with Gasteiger partial charge in [0, 0.05) is 18.2 Å². The van der Waals surface area contributed by atoms with Crippen molar-refractivity contribution in [3.8, 4) is 17.2 Å². The van der Waals surface area contributed by atoms with E-state index in [1.807, 2.05) is 30.3 Å². The van der Waals surface area contributed by atoms with Gasteiger partial charge in [-0.3, -0.25) is 0 Å². The number of fused-ring (bicyclic) bond motifs is 1.